The minimum absolute atomic E-state index is 0.0213. The number of hydrogen-bond acceptors (Lipinski definition) is 6. The molecule has 2 heterocycles. The fourth-order valence-corrected chi connectivity index (χ4v) is 5.33. The van der Waals surface area contributed by atoms with E-state index in [-0.39, 0.29) is 51.1 Å². The average Bonchev–Trinajstić information content (AvgIpc) is 3.13. The maximum atomic E-state index is 13.9. The van der Waals surface area contributed by atoms with Crippen molar-refractivity contribution in [2.75, 3.05) is 19.3 Å². The lowest BCUT2D eigenvalue weighted by Gasteiger charge is -2.20. The summed E-state index contributed by atoms with van der Waals surface area (Å²) < 4.78 is 67.0. The van der Waals surface area contributed by atoms with Gasteiger partial charge < -0.3 is 5.73 Å². The molecule has 1 aliphatic rings. The summed E-state index contributed by atoms with van der Waals surface area (Å²) in [5.74, 6) is 0. The largest absolute Gasteiger partial charge is 0.416 e. The smallest absolute Gasteiger partial charge is 0.326 e. The van der Waals surface area contributed by atoms with E-state index in [1.165, 1.54) is 30.6 Å². The number of likely N-dealkylation sites (tertiary alicyclic amines) is 1. The predicted octanol–water partition coefficient (Wildman–Crippen LogP) is 3.05. The second-order valence-corrected chi connectivity index (χ2v) is 10.9. The van der Waals surface area contributed by atoms with Crippen molar-refractivity contribution in [2.24, 2.45) is 5.73 Å². The van der Waals surface area contributed by atoms with Crippen LogP contribution < -0.4 is 11.3 Å². The molecule has 1 saturated heterocycles. The summed E-state index contributed by atoms with van der Waals surface area (Å²) in [6, 6.07) is 6.16. The fraction of sp³-hybridized carbons (Fsp3) is 0.364. The summed E-state index contributed by atoms with van der Waals surface area (Å²) in [6.07, 6.45) is -1.75. The molecule has 0 amide bonds. The number of aromatic nitrogens is 2. The topological polar surface area (TPSA) is 98.3 Å². The van der Waals surface area contributed by atoms with Crippen molar-refractivity contribution in [2.45, 2.75) is 36.6 Å². The summed E-state index contributed by atoms with van der Waals surface area (Å²) in [4.78, 5) is 19.1. The Bertz CT molecular complexity index is 1420. The van der Waals surface area contributed by atoms with Crippen LogP contribution in [0, 0.1) is 0 Å². The van der Waals surface area contributed by atoms with Crippen molar-refractivity contribution < 1.29 is 21.6 Å². The summed E-state index contributed by atoms with van der Waals surface area (Å²) in [5.41, 5.74) is 4.63. The van der Waals surface area contributed by atoms with Gasteiger partial charge in [-0.2, -0.15) is 13.2 Å². The number of hydrogen-bond donors (Lipinski definition) is 1. The summed E-state index contributed by atoms with van der Waals surface area (Å²) in [7, 11) is -3.63. The number of rotatable bonds is 5. The highest BCUT2D eigenvalue weighted by Crippen LogP contribution is 2.34. The second-order valence-electron chi connectivity index (χ2n) is 8.51. The minimum Gasteiger partial charge on any atom is -0.326 e. The van der Waals surface area contributed by atoms with Gasteiger partial charge in [0.15, 0.2) is 9.84 Å². The van der Waals surface area contributed by atoms with Crippen LogP contribution in [0.3, 0.4) is 0 Å². The Kier molecular flexibility index (Phi) is 6.49. The molecule has 7 nitrogen and oxygen atoms in total. The van der Waals surface area contributed by atoms with E-state index in [2.05, 4.69) is 4.98 Å². The molecule has 0 unspecified atom stereocenters. The lowest BCUT2D eigenvalue weighted by atomic mass is 10.0. The van der Waals surface area contributed by atoms with Gasteiger partial charge in [0.1, 0.15) is 0 Å². The molecule has 3 aromatic rings. The lowest BCUT2D eigenvalue weighted by Crippen LogP contribution is -2.27. The molecule has 34 heavy (non-hydrogen) atoms. The first-order valence-electron chi connectivity index (χ1n) is 10.4. The number of nitrogens with two attached hydrogens (primary N) is 1. The molecule has 0 bridgehead atoms. The van der Waals surface area contributed by atoms with E-state index in [1.807, 2.05) is 4.90 Å². The van der Waals surface area contributed by atoms with Crippen LogP contribution >= 0.6 is 11.6 Å². The van der Waals surface area contributed by atoms with Gasteiger partial charge in [0.2, 0.25) is 0 Å². The molecular weight excluding hydrogens is 493 g/mol. The Morgan fingerprint density at radius 3 is 2.53 bits per heavy atom. The lowest BCUT2D eigenvalue weighted by molar-refractivity contribution is -0.138. The van der Waals surface area contributed by atoms with Crippen LogP contribution in [0.2, 0.25) is 5.02 Å². The van der Waals surface area contributed by atoms with Crippen LogP contribution in [-0.2, 0) is 29.1 Å². The Hall–Kier alpha value is -2.47. The monoisotopic (exact) mass is 514 g/mol. The van der Waals surface area contributed by atoms with Gasteiger partial charge >= 0.3 is 6.18 Å². The minimum atomic E-state index is -4.67. The summed E-state index contributed by atoms with van der Waals surface area (Å²) in [6.45, 7) is 0.906. The maximum absolute atomic E-state index is 13.9. The molecule has 1 aliphatic heterocycles. The van der Waals surface area contributed by atoms with Gasteiger partial charge in [-0.3, -0.25) is 14.3 Å². The zero-order valence-electron chi connectivity index (χ0n) is 18.1. The van der Waals surface area contributed by atoms with Crippen molar-refractivity contribution in [3.8, 4) is 0 Å². The number of benzene rings is 2. The molecule has 0 radical (unpaired) electrons. The second kappa shape index (κ2) is 8.95. The average molecular weight is 515 g/mol. The van der Waals surface area contributed by atoms with E-state index >= 15 is 0 Å². The highest BCUT2D eigenvalue weighted by Gasteiger charge is 2.35. The van der Waals surface area contributed by atoms with Crippen molar-refractivity contribution in [3.05, 3.63) is 68.7 Å². The van der Waals surface area contributed by atoms with Gasteiger partial charge in [0, 0.05) is 37.0 Å². The van der Waals surface area contributed by atoms with Gasteiger partial charge in [0.05, 0.1) is 34.2 Å². The summed E-state index contributed by atoms with van der Waals surface area (Å²) >= 11 is 6.00. The molecular formula is C22H22ClF3N4O3S. The molecule has 1 fully saturated rings. The molecule has 0 spiro atoms. The first kappa shape index (κ1) is 24.6. The van der Waals surface area contributed by atoms with E-state index in [4.69, 9.17) is 17.3 Å². The quantitative estimate of drug-likeness (QED) is 0.562. The molecule has 1 aromatic heterocycles. The van der Waals surface area contributed by atoms with Crippen molar-refractivity contribution >= 4 is 32.3 Å². The number of sulfone groups is 1. The van der Waals surface area contributed by atoms with E-state index in [0.29, 0.717) is 19.5 Å². The SMILES string of the molecule is CS(=O)(=O)c1ccc(Cl)cc1Cn1cnc2cc(CN3CC[C@@H](N)C3)c(C(F)(F)F)cc2c1=O. The molecule has 1 atom stereocenters. The third-order valence-corrected chi connectivity index (χ3v) is 7.25. The van der Waals surface area contributed by atoms with Crippen molar-refractivity contribution in [1.82, 2.24) is 14.5 Å². The van der Waals surface area contributed by atoms with Crippen molar-refractivity contribution in [3.63, 3.8) is 0 Å². The van der Waals surface area contributed by atoms with E-state index in [0.717, 1.165) is 16.9 Å². The van der Waals surface area contributed by atoms with Crippen molar-refractivity contribution in [1.29, 1.82) is 0 Å². The third-order valence-electron chi connectivity index (χ3n) is 5.82. The Labute approximate surface area is 198 Å². The molecule has 4 rings (SSSR count). The van der Waals surface area contributed by atoms with Gasteiger partial charge in [-0.05, 0) is 47.9 Å². The van der Waals surface area contributed by atoms with Crippen LogP contribution in [0.1, 0.15) is 23.1 Å². The molecule has 182 valence electrons. The zero-order valence-corrected chi connectivity index (χ0v) is 19.7. The van der Waals surface area contributed by atoms with Gasteiger partial charge in [-0.1, -0.05) is 11.6 Å². The van der Waals surface area contributed by atoms with Gasteiger partial charge in [-0.15, -0.1) is 0 Å². The van der Waals surface area contributed by atoms with Crippen LogP contribution in [0.15, 0.2) is 46.3 Å². The Balaban J connectivity index is 1.79. The number of halogens is 4. The van der Waals surface area contributed by atoms with Gasteiger partial charge in [0.25, 0.3) is 5.56 Å². The van der Waals surface area contributed by atoms with Gasteiger partial charge in [-0.25, -0.2) is 13.4 Å². The van der Waals surface area contributed by atoms with Crippen LogP contribution in [0.25, 0.3) is 10.9 Å². The predicted molar refractivity (Wildman–Crippen MR) is 123 cm³/mol. The number of fused-ring (bicyclic) bond motifs is 1. The van der Waals surface area contributed by atoms with E-state index in [9.17, 15) is 26.4 Å². The van der Waals surface area contributed by atoms with Crippen LogP contribution in [-0.4, -0.2) is 48.3 Å². The maximum Gasteiger partial charge on any atom is 0.416 e. The Morgan fingerprint density at radius 2 is 1.91 bits per heavy atom. The highest BCUT2D eigenvalue weighted by molar-refractivity contribution is 7.90. The zero-order chi connectivity index (χ0) is 24.8. The molecule has 0 aliphatic carbocycles. The first-order chi connectivity index (χ1) is 15.8. The molecule has 2 N–H and O–H groups in total. The highest BCUT2D eigenvalue weighted by atomic mass is 35.5. The fourth-order valence-electron chi connectivity index (χ4n) is 4.22. The summed E-state index contributed by atoms with van der Waals surface area (Å²) in [5, 5.41) is 0.0504. The molecule has 2 aromatic carbocycles. The van der Waals surface area contributed by atoms with E-state index in [1.54, 1.807) is 0 Å². The Morgan fingerprint density at radius 1 is 1.18 bits per heavy atom. The molecule has 0 saturated carbocycles. The first-order valence-corrected chi connectivity index (χ1v) is 12.7. The number of nitrogens with zero attached hydrogens (tertiary/aromatic N) is 3. The normalized spacial score (nSPS) is 17.5. The molecule has 12 heteroatoms. The third kappa shape index (κ3) is 5.12. The van der Waals surface area contributed by atoms with Crippen LogP contribution in [0.4, 0.5) is 13.2 Å². The standard InChI is InChI=1S/C22H22ClF3N4O3S/c1-34(32,33)20-3-2-15(23)6-14(20)10-30-12-28-19-7-13(9-29-5-4-16(27)11-29)18(22(24,25)26)8-17(19)21(30)31/h2-3,6-8,12,16H,4-5,9-11,27H2,1H3/t16-/m1/s1. The van der Waals surface area contributed by atoms with E-state index < -0.39 is 27.1 Å². The van der Waals surface area contributed by atoms with Crippen LogP contribution in [0.5, 0.6) is 0 Å². The number of alkyl halides is 3.